The van der Waals surface area contributed by atoms with Crippen molar-refractivity contribution in [2.24, 2.45) is 0 Å². The molecule has 4 aliphatic rings. The van der Waals surface area contributed by atoms with Gasteiger partial charge < -0.3 is 50.2 Å². The first-order valence-electron chi connectivity index (χ1n) is 25.4. The standard InChI is InChI=1S/C53H62F2N10O10/c54-35-27-34(28-36(55)30-35)26-33-4-7-42-41(29-33)49(62-61-42)60-50(68)39-6-5-38(31-44(39)58-37-10-18-72-19-11-37)64-16-14-63(15-17-64)32-47(67)57-13-21-74-23-25-75-24-22-73-20-12-56-43-3-1-2-40-48(43)53(71)65(52(40)70)45-8-9-46(66)59-51(45)69/h1-7,27-31,37,45,52,56,58,70H,8-26,32H2,(H,57,67)(H,59,66,69)(H2,60,61,62,68). The topological polar surface area (TPSA) is 241 Å². The maximum Gasteiger partial charge on any atom is 0.259 e. The highest BCUT2D eigenvalue weighted by Crippen LogP contribution is 2.39. The average Bonchev–Trinajstić information content (AvgIpc) is 3.93. The van der Waals surface area contributed by atoms with Crippen molar-refractivity contribution in [1.82, 2.24) is 30.6 Å². The summed E-state index contributed by atoms with van der Waals surface area (Å²) in [5.74, 6) is -2.87. The summed E-state index contributed by atoms with van der Waals surface area (Å²) in [6, 6.07) is 19.0. The lowest BCUT2D eigenvalue weighted by molar-refractivity contribution is -0.139. The van der Waals surface area contributed by atoms with Crippen LogP contribution in [0.2, 0.25) is 0 Å². The number of imide groups is 1. The molecule has 7 N–H and O–H groups in total. The summed E-state index contributed by atoms with van der Waals surface area (Å²) in [6.45, 7) is 6.98. The lowest BCUT2D eigenvalue weighted by atomic mass is 10.0. The Hall–Kier alpha value is -7.08. The third-order valence-corrected chi connectivity index (χ3v) is 13.6. The van der Waals surface area contributed by atoms with E-state index in [-0.39, 0.29) is 42.8 Å². The zero-order valence-electron chi connectivity index (χ0n) is 41.5. The number of aromatic amines is 1. The van der Waals surface area contributed by atoms with E-state index in [9.17, 15) is 37.9 Å². The first-order chi connectivity index (χ1) is 36.5. The molecule has 3 fully saturated rings. The zero-order chi connectivity index (χ0) is 52.3. The SMILES string of the molecule is O=C(CN1CCN(c2ccc(C(=O)Nc3n[nH]c4ccc(Cc5cc(F)cc(F)c5)cc34)c(NC3CCOCC3)c2)CC1)NCCOCCOCCOCCNc1cccc2c1C(=O)N(C1CCC(=O)NC1=O)C2O. The number of nitrogens with zero attached hydrogens (tertiary/aromatic N) is 4. The van der Waals surface area contributed by atoms with E-state index in [0.717, 1.165) is 35.1 Å². The lowest BCUT2D eigenvalue weighted by Crippen LogP contribution is -2.53. The molecule has 2 atom stereocenters. The number of hydrogen-bond donors (Lipinski definition) is 7. The summed E-state index contributed by atoms with van der Waals surface area (Å²) in [4.78, 5) is 69.7. The first-order valence-corrected chi connectivity index (χ1v) is 25.4. The van der Waals surface area contributed by atoms with Gasteiger partial charge >= 0.3 is 0 Å². The number of fused-ring (bicyclic) bond motifs is 2. The van der Waals surface area contributed by atoms with E-state index >= 15 is 0 Å². The van der Waals surface area contributed by atoms with E-state index in [1.165, 1.54) is 12.1 Å². The predicted molar refractivity (Wildman–Crippen MR) is 273 cm³/mol. The van der Waals surface area contributed by atoms with Gasteiger partial charge in [0.05, 0.1) is 62.8 Å². The van der Waals surface area contributed by atoms with Crippen LogP contribution in [0.5, 0.6) is 0 Å². The molecule has 22 heteroatoms. The van der Waals surface area contributed by atoms with Crippen molar-refractivity contribution in [2.45, 2.75) is 50.4 Å². The number of nitrogens with one attached hydrogen (secondary N) is 6. The lowest BCUT2D eigenvalue weighted by Gasteiger charge is -2.36. The monoisotopic (exact) mass is 1040 g/mol. The summed E-state index contributed by atoms with van der Waals surface area (Å²) in [5, 5.41) is 33.8. The minimum absolute atomic E-state index is 0.0870. The van der Waals surface area contributed by atoms with Crippen LogP contribution in [-0.4, -0.2) is 165 Å². The molecule has 0 bridgehead atoms. The maximum absolute atomic E-state index is 14.0. The van der Waals surface area contributed by atoms with Gasteiger partial charge in [0.25, 0.3) is 11.8 Å². The summed E-state index contributed by atoms with van der Waals surface area (Å²) in [7, 11) is 0. The molecule has 5 aromatic rings. The smallest absolute Gasteiger partial charge is 0.259 e. The Morgan fingerprint density at radius 1 is 0.800 bits per heavy atom. The van der Waals surface area contributed by atoms with Gasteiger partial charge in [-0.25, -0.2) is 8.78 Å². The number of aromatic nitrogens is 2. The largest absolute Gasteiger partial charge is 0.382 e. The number of halogens is 2. The van der Waals surface area contributed by atoms with E-state index in [1.807, 2.05) is 36.4 Å². The van der Waals surface area contributed by atoms with E-state index < -0.39 is 41.6 Å². The van der Waals surface area contributed by atoms with Crippen molar-refractivity contribution >= 4 is 63.3 Å². The first kappa shape index (κ1) is 52.8. The molecule has 0 radical (unpaired) electrons. The second-order valence-electron chi connectivity index (χ2n) is 18.8. The van der Waals surface area contributed by atoms with Crippen LogP contribution in [0.1, 0.15) is 69.3 Å². The van der Waals surface area contributed by atoms with Gasteiger partial charge in [0.1, 0.15) is 17.7 Å². The molecule has 0 saturated carbocycles. The third-order valence-electron chi connectivity index (χ3n) is 13.6. The number of H-pyrrole nitrogens is 1. The summed E-state index contributed by atoms with van der Waals surface area (Å²) < 4.78 is 50.3. The van der Waals surface area contributed by atoms with Gasteiger partial charge in [-0.05, 0) is 85.3 Å². The van der Waals surface area contributed by atoms with Gasteiger partial charge in [-0.2, -0.15) is 5.10 Å². The highest BCUT2D eigenvalue weighted by atomic mass is 19.1. The predicted octanol–water partition coefficient (Wildman–Crippen LogP) is 3.93. The van der Waals surface area contributed by atoms with Crippen LogP contribution in [0.4, 0.5) is 31.7 Å². The Bertz CT molecular complexity index is 2840. The number of aliphatic hydroxyl groups excluding tert-OH is 1. The molecule has 75 heavy (non-hydrogen) atoms. The minimum Gasteiger partial charge on any atom is -0.382 e. The number of ether oxygens (including phenoxy) is 4. The van der Waals surface area contributed by atoms with E-state index in [4.69, 9.17) is 18.9 Å². The molecule has 0 aliphatic carbocycles. The van der Waals surface area contributed by atoms with Crippen molar-refractivity contribution in [1.29, 1.82) is 0 Å². The number of piperazine rings is 1. The van der Waals surface area contributed by atoms with Gasteiger partial charge in [-0.1, -0.05) is 18.2 Å². The number of carbonyl (C=O) groups is 5. The Morgan fingerprint density at radius 3 is 2.28 bits per heavy atom. The molecular weight excluding hydrogens is 975 g/mol. The van der Waals surface area contributed by atoms with Crippen molar-refractivity contribution in [3.63, 3.8) is 0 Å². The molecule has 3 saturated heterocycles. The summed E-state index contributed by atoms with van der Waals surface area (Å²) in [5.41, 5.74) is 5.28. The number of aliphatic hydroxyl groups is 1. The normalized spacial score (nSPS) is 18.3. The van der Waals surface area contributed by atoms with Crippen molar-refractivity contribution in [3.8, 4) is 0 Å². The van der Waals surface area contributed by atoms with Crippen LogP contribution in [0.3, 0.4) is 0 Å². The number of rotatable bonds is 23. The van der Waals surface area contributed by atoms with Crippen LogP contribution in [-0.2, 0) is 39.8 Å². The molecule has 1 aromatic heterocycles. The number of carbonyl (C=O) groups excluding carboxylic acids is 5. The second kappa shape index (κ2) is 25.0. The molecule has 4 aromatic carbocycles. The van der Waals surface area contributed by atoms with E-state index in [1.54, 1.807) is 18.2 Å². The van der Waals surface area contributed by atoms with Crippen molar-refractivity contribution in [3.05, 3.63) is 112 Å². The zero-order valence-corrected chi connectivity index (χ0v) is 41.5. The van der Waals surface area contributed by atoms with Crippen LogP contribution >= 0.6 is 0 Å². The Balaban J connectivity index is 0.654. The van der Waals surface area contributed by atoms with Crippen molar-refractivity contribution in [2.75, 3.05) is 120 Å². The van der Waals surface area contributed by atoms with Gasteiger partial charge in [-0.15, -0.1) is 0 Å². The highest BCUT2D eigenvalue weighted by Gasteiger charge is 2.45. The Morgan fingerprint density at radius 2 is 1.53 bits per heavy atom. The number of amides is 5. The average molecular weight is 1040 g/mol. The van der Waals surface area contributed by atoms with E-state index in [2.05, 4.69) is 46.6 Å². The van der Waals surface area contributed by atoms with Gasteiger partial charge in [0, 0.05) is 99.0 Å². The fourth-order valence-corrected chi connectivity index (χ4v) is 9.80. The minimum atomic E-state index is -1.30. The van der Waals surface area contributed by atoms with Crippen LogP contribution in [0, 0.1) is 11.6 Å². The molecule has 0 spiro atoms. The summed E-state index contributed by atoms with van der Waals surface area (Å²) >= 11 is 0. The molecule has 4 aliphatic heterocycles. The highest BCUT2D eigenvalue weighted by molar-refractivity contribution is 6.11. The second-order valence-corrected chi connectivity index (χ2v) is 18.8. The molecular formula is C53H62F2N10O10. The van der Waals surface area contributed by atoms with Gasteiger partial charge in [0.15, 0.2) is 12.0 Å². The molecule has 5 amide bonds. The number of hydrogen-bond acceptors (Lipinski definition) is 15. The molecule has 9 rings (SSSR count). The molecule has 398 valence electrons. The Kier molecular flexibility index (Phi) is 17.6. The Labute approximate surface area is 431 Å². The number of anilines is 4. The number of piperidine rings is 1. The fraction of sp³-hybridized carbons (Fsp3) is 0.434. The van der Waals surface area contributed by atoms with Crippen LogP contribution in [0.25, 0.3) is 10.9 Å². The van der Waals surface area contributed by atoms with Gasteiger partial charge in [-0.3, -0.25) is 44.2 Å². The maximum atomic E-state index is 14.0. The van der Waals surface area contributed by atoms with E-state index in [0.29, 0.717) is 143 Å². The van der Waals surface area contributed by atoms with Gasteiger partial charge in [0.2, 0.25) is 17.7 Å². The quantitative estimate of drug-likeness (QED) is 0.0363. The molecule has 2 unspecified atom stereocenters. The number of benzene rings is 4. The molecule has 20 nitrogen and oxygen atoms in total. The third kappa shape index (κ3) is 13.4. The van der Waals surface area contributed by atoms with Crippen LogP contribution in [0.15, 0.2) is 72.8 Å². The van der Waals surface area contributed by atoms with Crippen molar-refractivity contribution < 1.29 is 56.8 Å². The summed E-state index contributed by atoms with van der Waals surface area (Å²) in [6.07, 6.45) is 0.819. The molecule has 5 heterocycles. The van der Waals surface area contributed by atoms with Crippen LogP contribution < -0.4 is 31.5 Å². The fourth-order valence-electron chi connectivity index (χ4n) is 9.80.